The highest BCUT2D eigenvalue weighted by Gasteiger charge is 2.46. The molecule has 1 aromatic rings. The fraction of sp³-hybridized carbons (Fsp3) is 0.588. The minimum absolute atomic E-state index is 0.0401. The Labute approximate surface area is 121 Å². The molecule has 0 saturated carbocycles. The van der Waals surface area contributed by atoms with Gasteiger partial charge in [-0.25, -0.2) is 4.99 Å². The van der Waals surface area contributed by atoms with E-state index in [1.807, 2.05) is 6.07 Å². The van der Waals surface area contributed by atoms with E-state index in [9.17, 15) is 0 Å². The summed E-state index contributed by atoms with van der Waals surface area (Å²) in [6, 6.07) is 8.49. The number of para-hydroxylation sites is 1. The summed E-state index contributed by atoms with van der Waals surface area (Å²) < 4.78 is 11.5. The second-order valence-electron chi connectivity index (χ2n) is 6.26. The Kier molecular flexibility index (Phi) is 3.33. The van der Waals surface area contributed by atoms with Crippen LogP contribution in [-0.2, 0) is 14.9 Å². The highest BCUT2D eigenvalue weighted by atomic mass is 16.5. The van der Waals surface area contributed by atoms with Gasteiger partial charge in [0, 0.05) is 18.4 Å². The first-order valence-electron chi connectivity index (χ1n) is 7.46. The Bertz CT molecular complexity index is 540. The van der Waals surface area contributed by atoms with E-state index in [2.05, 4.69) is 37.0 Å². The second-order valence-corrected chi connectivity index (χ2v) is 6.26. The summed E-state index contributed by atoms with van der Waals surface area (Å²) >= 11 is 0. The van der Waals surface area contributed by atoms with Crippen LogP contribution >= 0.6 is 0 Å². The van der Waals surface area contributed by atoms with Crippen molar-refractivity contribution >= 4 is 11.6 Å². The van der Waals surface area contributed by atoms with E-state index in [0.717, 1.165) is 43.9 Å². The minimum Gasteiger partial charge on any atom is -0.484 e. The number of aliphatic imine (C=N–C) groups is 1. The molecule has 0 aromatic heterocycles. The fourth-order valence-corrected chi connectivity index (χ4v) is 3.65. The minimum atomic E-state index is -0.0401. The van der Waals surface area contributed by atoms with Gasteiger partial charge in [0.1, 0.15) is 0 Å². The standard InChI is InChI=1S/C17H23NO2/c1-4-16(2)12-17(9-10-20-16)11-15(19-3)18-14-8-6-5-7-13(14)17/h5-8H,4,9-12H2,1-3H3. The molecule has 1 fully saturated rings. The number of fused-ring (bicyclic) bond motifs is 2. The summed E-state index contributed by atoms with van der Waals surface area (Å²) in [4.78, 5) is 4.64. The molecule has 2 atom stereocenters. The van der Waals surface area contributed by atoms with Gasteiger partial charge >= 0.3 is 0 Å². The molecular weight excluding hydrogens is 250 g/mol. The highest BCUT2D eigenvalue weighted by Crippen LogP contribution is 2.50. The first kappa shape index (κ1) is 13.6. The van der Waals surface area contributed by atoms with Crippen molar-refractivity contribution in [1.82, 2.24) is 0 Å². The van der Waals surface area contributed by atoms with Crippen LogP contribution in [0, 0.1) is 0 Å². The molecule has 2 heterocycles. The van der Waals surface area contributed by atoms with Gasteiger partial charge in [-0.2, -0.15) is 0 Å². The second kappa shape index (κ2) is 4.88. The van der Waals surface area contributed by atoms with Gasteiger partial charge in [-0.15, -0.1) is 0 Å². The van der Waals surface area contributed by atoms with Gasteiger partial charge in [0.15, 0.2) is 5.90 Å². The summed E-state index contributed by atoms with van der Waals surface area (Å²) in [6.07, 6.45) is 4.01. The van der Waals surface area contributed by atoms with E-state index in [-0.39, 0.29) is 11.0 Å². The topological polar surface area (TPSA) is 30.8 Å². The van der Waals surface area contributed by atoms with E-state index in [4.69, 9.17) is 9.47 Å². The van der Waals surface area contributed by atoms with Crippen molar-refractivity contribution in [3.8, 4) is 0 Å². The SMILES string of the molecule is CCC1(C)CC2(CCO1)CC(OC)=Nc1ccccc12. The predicted molar refractivity (Wildman–Crippen MR) is 80.7 cm³/mol. The van der Waals surface area contributed by atoms with Crippen molar-refractivity contribution in [3.63, 3.8) is 0 Å². The Morgan fingerprint density at radius 3 is 2.90 bits per heavy atom. The lowest BCUT2D eigenvalue weighted by molar-refractivity contribution is -0.0960. The molecule has 2 unspecified atom stereocenters. The summed E-state index contributed by atoms with van der Waals surface area (Å²) in [5.74, 6) is 0.851. The van der Waals surface area contributed by atoms with Crippen molar-refractivity contribution in [2.24, 2.45) is 4.99 Å². The largest absolute Gasteiger partial charge is 0.484 e. The lowest BCUT2D eigenvalue weighted by Gasteiger charge is -2.48. The maximum absolute atomic E-state index is 6.05. The Morgan fingerprint density at radius 1 is 1.35 bits per heavy atom. The number of rotatable bonds is 1. The average Bonchev–Trinajstić information content (AvgIpc) is 2.47. The normalized spacial score (nSPS) is 32.6. The molecule has 1 saturated heterocycles. The zero-order chi connectivity index (χ0) is 14.2. The fourth-order valence-electron chi connectivity index (χ4n) is 3.65. The maximum Gasteiger partial charge on any atom is 0.189 e. The lowest BCUT2D eigenvalue weighted by Crippen LogP contribution is -2.47. The van der Waals surface area contributed by atoms with E-state index < -0.39 is 0 Å². The molecular formula is C17H23NO2. The Hall–Kier alpha value is -1.35. The number of methoxy groups -OCH3 is 1. The summed E-state index contributed by atoms with van der Waals surface area (Å²) in [5, 5.41) is 0. The van der Waals surface area contributed by atoms with Crippen LogP contribution in [0.5, 0.6) is 0 Å². The van der Waals surface area contributed by atoms with Crippen LogP contribution in [0.15, 0.2) is 29.3 Å². The average molecular weight is 273 g/mol. The molecule has 1 spiro atoms. The molecule has 1 aromatic carbocycles. The number of nitrogens with zero attached hydrogens (tertiary/aromatic N) is 1. The Balaban J connectivity index is 2.07. The van der Waals surface area contributed by atoms with Gasteiger partial charge in [-0.1, -0.05) is 25.1 Å². The van der Waals surface area contributed by atoms with E-state index in [1.165, 1.54) is 5.56 Å². The summed E-state index contributed by atoms with van der Waals surface area (Å²) in [6.45, 7) is 5.25. The molecule has 3 heteroatoms. The van der Waals surface area contributed by atoms with Gasteiger partial charge < -0.3 is 9.47 Å². The molecule has 0 aliphatic carbocycles. The first-order chi connectivity index (χ1) is 9.61. The molecule has 3 rings (SSSR count). The van der Waals surface area contributed by atoms with Crippen LogP contribution in [0.1, 0.15) is 45.1 Å². The maximum atomic E-state index is 6.05. The predicted octanol–water partition coefficient (Wildman–Crippen LogP) is 3.98. The number of benzene rings is 1. The molecule has 20 heavy (non-hydrogen) atoms. The van der Waals surface area contributed by atoms with Gasteiger partial charge in [-0.3, -0.25) is 0 Å². The third kappa shape index (κ3) is 2.14. The van der Waals surface area contributed by atoms with Crippen molar-refractivity contribution in [2.75, 3.05) is 13.7 Å². The van der Waals surface area contributed by atoms with E-state index in [1.54, 1.807) is 7.11 Å². The number of hydrogen-bond donors (Lipinski definition) is 0. The third-order valence-corrected chi connectivity index (χ3v) is 4.94. The number of ether oxygens (including phenoxy) is 2. The molecule has 2 aliphatic rings. The molecule has 108 valence electrons. The Morgan fingerprint density at radius 2 is 2.15 bits per heavy atom. The smallest absolute Gasteiger partial charge is 0.189 e. The molecule has 2 aliphatic heterocycles. The van der Waals surface area contributed by atoms with Crippen molar-refractivity contribution in [2.45, 2.75) is 50.5 Å². The van der Waals surface area contributed by atoms with Crippen molar-refractivity contribution < 1.29 is 9.47 Å². The van der Waals surface area contributed by atoms with Crippen LogP contribution in [0.3, 0.4) is 0 Å². The first-order valence-corrected chi connectivity index (χ1v) is 7.46. The van der Waals surface area contributed by atoms with Gasteiger partial charge in [0.2, 0.25) is 0 Å². The van der Waals surface area contributed by atoms with Gasteiger partial charge in [-0.05, 0) is 37.8 Å². The monoisotopic (exact) mass is 273 g/mol. The summed E-state index contributed by atoms with van der Waals surface area (Å²) in [7, 11) is 1.72. The van der Waals surface area contributed by atoms with Crippen LogP contribution in [0.4, 0.5) is 5.69 Å². The number of hydrogen-bond acceptors (Lipinski definition) is 3. The van der Waals surface area contributed by atoms with Crippen molar-refractivity contribution in [3.05, 3.63) is 29.8 Å². The van der Waals surface area contributed by atoms with Crippen molar-refractivity contribution in [1.29, 1.82) is 0 Å². The van der Waals surface area contributed by atoms with Crippen LogP contribution in [0.2, 0.25) is 0 Å². The van der Waals surface area contributed by atoms with E-state index in [0.29, 0.717) is 0 Å². The third-order valence-electron chi connectivity index (χ3n) is 4.94. The quantitative estimate of drug-likeness (QED) is 0.774. The molecule has 0 N–H and O–H groups in total. The zero-order valence-electron chi connectivity index (χ0n) is 12.6. The van der Waals surface area contributed by atoms with E-state index >= 15 is 0 Å². The van der Waals surface area contributed by atoms with Gasteiger partial charge in [0.25, 0.3) is 0 Å². The van der Waals surface area contributed by atoms with Crippen LogP contribution in [0.25, 0.3) is 0 Å². The molecule has 0 bridgehead atoms. The molecule has 3 nitrogen and oxygen atoms in total. The van der Waals surface area contributed by atoms with Crippen LogP contribution < -0.4 is 0 Å². The van der Waals surface area contributed by atoms with Crippen LogP contribution in [-0.4, -0.2) is 25.2 Å². The molecule has 0 amide bonds. The summed E-state index contributed by atoms with van der Waals surface area (Å²) in [5.41, 5.74) is 2.51. The lowest BCUT2D eigenvalue weighted by atomic mass is 9.65. The zero-order valence-corrected chi connectivity index (χ0v) is 12.6. The highest BCUT2D eigenvalue weighted by molar-refractivity contribution is 5.84. The molecule has 0 radical (unpaired) electrons. The van der Waals surface area contributed by atoms with Gasteiger partial charge in [0.05, 0.1) is 18.4 Å².